The molecule has 0 radical (unpaired) electrons. The number of halogens is 1. The Balaban J connectivity index is 1.97. The fraction of sp³-hybridized carbons (Fsp3) is 0.263. The summed E-state index contributed by atoms with van der Waals surface area (Å²) in [6.07, 6.45) is 0.242. The van der Waals surface area contributed by atoms with Gasteiger partial charge in [0, 0.05) is 18.2 Å². The first kappa shape index (κ1) is 19.2. The van der Waals surface area contributed by atoms with E-state index >= 15 is 0 Å². The lowest BCUT2D eigenvalue weighted by Gasteiger charge is -2.09. The molecular weight excluding hydrogens is 341 g/mol. The normalized spacial score (nSPS) is 10.3. The molecule has 7 heteroatoms. The zero-order valence-corrected chi connectivity index (χ0v) is 14.5. The lowest BCUT2D eigenvalue weighted by molar-refractivity contribution is -0.136. The number of carboxylic acids is 1. The van der Waals surface area contributed by atoms with Gasteiger partial charge in [-0.25, -0.2) is 4.39 Å². The fourth-order valence-electron chi connectivity index (χ4n) is 2.42. The van der Waals surface area contributed by atoms with Crippen LogP contribution in [-0.4, -0.2) is 31.2 Å². The molecule has 0 unspecified atom stereocenters. The first-order valence-corrected chi connectivity index (χ1v) is 7.93. The Morgan fingerprint density at radius 1 is 1.08 bits per heavy atom. The van der Waals surface area contributed by atoms with Crippen molar-refractivity contribution >= 4 is 17.6 Å². The van der Waals surface area contributed by atoms with E-state index in [1.807, 2.05) is 12.1 Å². The van der Waals surface area contributed by atoms with Gasteiger partial charge < -0.3 is 19.9 Å². The molecular formula is C19H20FNO5. The lowest BCUT2D eigenvalue weighted by Crippen LogP contribution is -2.13. The third kappa shape index (κ3) is 5.47. The van der Waals surface area contributed by atoms with Crippen LogP contribution in [0.3, 0.4) is 0 Å². The van der Waals surface area contributed by atoms with E-state index in [4.69, 9.17) is 14.6 Å². The van der Waals surface area contributed by atoms with Crippen LogP contribution in [0.25, 0.3) is 0 Å². The molecule has 0 atom stereocenters. The molecule has 2 N–H and O–H groups in total. The van der Waals surface area contributed by atoms with Gasteiger partial charge in [-0.3, -0.25) is 9.59 Å². The highest BCUT2D eigenvalue weighted by Crippen LogP contribution is 2.23. The van der Waals surface area contributed by atoms with Gasteiger partial charge in [0.2, 0.25) is 5.91 Å². The summed E-state index contributed by atoms with van der Waals surface area (Å²) in [6.45, 7) is 0. The molecule has 0 aromatic heterocycles. The van der Waals surface area contributed by atoms with E-state index in [-0.39, 0.29) is 23.6 Å². The Kier molecular flexibility index (Phi) is 6.54. The molecule has 0 saturated heterocycles. The molecule has 26 heavy (non-hydrogen) atoms. The molecule has 0 saturated carbocycles. The molecule has 0 aliphatic carbocycles. The number of ether oxygens (including phenoxy) is 2. The van der Waals surface area contributed by atoms with Crippen molar-refractivity contribution in [3.8, 4) is 11.5 Å². The molecule has 0 fully saturated rings. The first-order chi connectivity index (χ1) is 12.4. The van der Waals surface area contributed by atoms with Crippen LogP contribution in [0, 0.1) is 5.82 Å². The minimum absolute atomic E-state index is 0.0685. The van der Waals surface area contributed by atoms with Crippen LogP contribution in [0.1, 0.15) is 17.5 Å². The van der Waals surface area contributed by atoms with Crippen molar-refractivity contribution in [2.45, 2.75) is 19.3 Å². The van der Waals surface area contributed by atoms with Crippen LogP contribution < -0.4 is 14.8 Å². The summed E-state index contributed by atoms with van der Waals surface area (Å²) in [5, 5.41) is 11.3. The largest absolute Gasteiger partial charge is 0.497 e. The van der Waals surface area contributed by atoms with Crippen molar-refractivity contribution < 1.29 is 28.6 Å². The number of amides is 1. The molecule has 138 valence electrons. The zero-order chi connectivity index (χ0) is 19.1. The van der Waals surface area contributed by atoms with Crippen LogP contribution in [-0.2, 0) is 22.4 Å². The molecule has 6 nitrogen and oxygen atoms in total. The molecule has 0 aliphatic heterocycles. The SMILES string of the molecule is COc1cc(CCC(=O)Nc2ccc(CC(=O)O)c(F)c2)cc(OC)c1. The number of carbonyl (C=O) groups excluding carboxylic acids is 1. The molecule has 2 aromatic carbocycles. The Labute approximate surface area is 150 Å². The van der Waals surface area contributed by atoms with E-state index < -0.39 is 18.2 Å². The summed E-state index contributed by atoms with van der Waals surface area (Å²) in [6, 6.07) is 9.32. The Morgan fingerprint density at radius 2 is 1.73 bits per heavy atom. The van der Waals surface area contributed by atoms with Gasteiger partial charge in [-0.15, -0.1) is 0 Å². The molecule has 1 amide bonds. The minimum Gasteiger partial charge on any atom is -0.497 e. The summed E-state index contributed by atoms with van der Waals surface area (Å²) in [5.41, 5.74) is 1.23. The zero-order valence-electron chi connectivity index (χ0n) is 14.5. The van der Waals surface area contributed by atoms with E-state index in [0.717, 1.165) is 11.6 Å². The molecule has 0 bridgehead atoms. The number of nitrogens with one attached hydrogen (secondary N) is 1. The van der Waals surface area contributed by atoms with Crippen molar-refractivity contribution in [1.29, 1.82) is 0 Å². The van der Waals surface area contributed by atoms with Crippen molar-refractivity contribution in [2.75, 3.05) is 19.5 Å². The number of hydrogen-bond donors (Lipinski definition) is 2. The monoisotopic (exact) mass is 361 g/mol. The maximum atomic E-state index is 13.8. The van der Waals surface area contributed by atoms with Crippen molar-refractivity contribution in [1.82, 2.24) is 0 Å². The third-order valence-corrected chi connectivity index (χ3v) is 3.73. The predicted molar refractivity (Wildman–Crippen MR) is 94.2 cm³/mol. The standard InChI is InChI=1S/C19H20FNO5/c1-25-15-7-12(8-16(11-15)26-2)3-6-18(22)21-14-5-4-13(9-19(23)24)17(20)10-14/h4-5,7-8,10-11H,3,6,9H2,1-2H3,(H,21,22)(H,23,24). The van der Waals surface area contributed by atoms with Crippen molar-refractivity contribution in [3.63, 3.8) is 0 Å². The number of rotatable bonds is 8. The third-order valence-electron chi connectivity index (χ3n) is 3.73. The number of anilines is 1. The predicted octanol–water partition coefficient (Wildman–Crippen LogP) is 3.04. The van der Waals surface area contributed by atoms with E-state index in [2.05, 4.69) is 5.32 Å². The van der Waals surface area contributed by atoms with Gasteiger partial charge in [0.05, 0.1) is 20.6 Å². The summed E-state index contributed by atoms with van der Waals surface area (Å²) >= 11 is 0. The second kappa shape index (κ2) is 8.84. The van der Waals surface area contributed by atoms with E-state index in [1.54, 1.807) is 20.3 Å². The molecule has 2 rings (SSSR count). The maximum absolute atomic E-state index is 13.8. The minimum atomic E-state index is -1.12. The summed E-state index contributed by atoms with van der Waals surface area (Å²) < 4.78 is 24.2. The van der Waals surface area contributed by atoms with E-state index in [9.17, 15) is 14.0 Å². The van der Waals surface area contributed by atoms with Crippen LogP contribution in [0.2, 0.25) is 0 Å². The second-order valence-electron chi connectivity index (χ2n) is 5.65. The van der Waals surface area contributed by atoms with Gasteiger partial charge in [0.1, 0.15) is 17.3 Å². The Hall–Kier alpha value is -3.09. The molecule has 2 aromatic rings. The van der Waals surface area contributed by atoms with Gasteiger partial charge in [0.15, 0.2) is 0 Å². The first-order valence-electron chi connectivity index (χ1n) is 7.93. The second-order valence-corrected chi connectivity index (χ2v) is 5.65. The van der Waals surface area contributed by atoms with E-state index in [1.165, 1.54) is 12.1 Å². The molecule has 0 spiro atoms. The topological polar surface area (TPSA) is 84.9 Å². The van der Waals surface area contributed by atoms with Gasteiger partial charge in [-0.1, -0.05) is 6.07 Å². The highest BCUT2D eigenvalue weighted by atomic mass is 19.1. The highest BCUT2D eigenvalue weighted by Gasteiger charge is 2.10. The number of carboxylic acid groups (broad SMARTS) is 1. The average Bonchev–Trinajstić information content (AvgIpc) is 2.61. The number of aryl methyl sites for hydroxylation is 1. The summed E-state index contributed by atoms with van der Waals surface area (Å²) in [7, 11) is 3.10. The number of carbonyl (C=O) groups is 2. The highest BCUT2D eigenvalue weighted by molar-refractivity contribution is 5.90. The van der Waals surface area contributed by atoms with Crippen molar-refractivity contribution in [3.05, 3.63) is 53.3 Å². The summed E-state index contributed by atoms with van der Waals surface area (Å²) in [4.78, 5) is 22.7. The van der Waals surface area contributed by atoms with Crippen LogP contribution in [0.5, 0.6) is 11.5 Å². The van der Waals surface area contributed by atoms with Crippen LogP contribution >= 0.6 is 0 Å². The lowest BCUT2D eigenvalue weighted by atomic mass is 10.1. The average molecular weight is 361 g/mol. The number of methoxy groups -OCH3 is 2. The number of aliphatic carboxylic acids is 1. The van der Waals surface area contributed by atoms with Gasteiger partial charge in [-0.2, -0.15) is 0 Å². The quantitative estimate of drug-likeness (QED) is 0.755. The molecule has 0 heterocycles. The van der Waals surface area contributed by atoms with Gasteiger partial charge >= 0.3 is 5.97 Å². The summed E-state index contributed by atoms with van der Waals surface area (Å²) in [5.74, 6) is -0.791. The van der Waals surface area contributed by atoms with E-state index in [0.29, 0.717) is 17.9 Å². The van der Waals surface area contributed by atoms with Gasteiger partial charge in [0.25, 0.3) is 0 Å². The maximum Gasteiger partial charge on any atom is 0.307 e. The fourth-order valence-corrected chi connectivity index (χ4v) is 2.42. The van der Waals surface area contributed by atoms with Crippen LogP contribution in [0.15, 0.2) is 36.4 Å². The Morgan fingerprint density at radius 3 is 2.27 bits per heavy atom. The smallest absolute Gasteiger partial charge is 0.307 e. The van der Waals surface area contributed by atoms with Crippen LogP contribution in [0.4, 0.5) is 10.1 Å². The van der Waals surface area contributed by atoms with Gasteiger partial charge in [-0.05, 0) is 41.8 Å². The van der Waals surface area contributed by atoms with Crippen molar-refractivity contribution in [2.24, 2.45) is 0 Å². The molecule has 0 aliphatic rings. The number of hydrogen-bond acceptors (Lipinski definition) is 4. The number of benzene rings is 2. The Bertz CT molecular complexity index is 784.